The minimum atomic E-state index is -0.722. The van der Waals surface area contributed by atoms with E-state index in [2.05, 4.69) is 0 Å². The van der Waals surface area contributed by atoms with Gasteiger partial charge in [-0.05, 0) is 37.8 Å². The van der Waals surface area contributed by atoms with Gasteiger partial charge in [-0.3, -0.25) is 14.8 Å². The summed E-state index contributed by atoms with van der Waals surface area (Å²) in [6.07, 6.45) is 0.174. The van der Waals surface area contributed by atoms with Crippen LogP contribution in [0.1, 0.15) is 29.5 Å². The predicted octanol–water partition coefficient (Wildman–Crippen LogP) is 1.84. The molecule has 7 nitrogen and oxygen atoms in total. The van der Waals surface area contributed by atoms with E-state index in [4.69, 9.17) is 9.57 Å². The van der Waals surface area contributed by atoms with Crippen molar-refractivity contribution >= 4 is 11.9 Å². The summed E-state index contributed by atoms with van der Waals surface area (Å²) in [4.78, 5) is 29.6. The first-order valence-electron chi connectivity index (χ1n) is 8.33. The molecule has 25 heavy (non-hydrogen) atoms. The number of amides is 1. The number of benzene rings is 1. The number of carbonyl (C=O) groups is 2. The van der Waals surface area contributed by atoms with Crippen molar-refractivity contribution in [2.24, 2.45) is 5.92 Å². The Hall–Kier alpha value is -1.96. The van der Waals surface area contributed by atoms with Crippen molar-refractivity contribution in [1.82, 2.24) is 10.1 Å². The molecule has 0 saturated carbocycles. The third-order valence-electron chi connectivity index (χ3n) is 4.68. The van der Waals surface area contributed by atoms with Gasteiger partial charge in [0.25, 0.3) is 5.91 Å². The van der Waals surface area contributed by atoms with Gasteiger partial charge in [-0.2, -0.15) is 5.06 Å². The summed E-state index contributed by atoms with van der Waals surface area (Å²) in [5.41, 5.74) is 2.92. The van der Waals surface area contributed by atoms with Gasteiger partial charge >= 0.3 is 5.97 Å². The molecule has 1 amide bonds. The summed E-state index contributed by atoms with van der Waals surface area (Å²) < 4.78 is 4.79. The van der Waals surface area contributed by atoms with Crippen LogP contribution in [0.15, 0.2) is 18.2 Å². The van der Waals surface area contributed by atoms with E-state index in [0.717, 1.165) is 16.7 Å². The fourth-order valence-electron chi connectivity index (χ4n) is 3.14. The van der Waals surface area contributed by atoms with Crippen LogP contribution in [0, 0.1) is 19.8 Å². The molecule has 2 rings (SSSR count). The fourth-order valence-corrected chi connectivity index (χ4v) is 3.14. The minimum absolute atomic E-state index is 0.0843. The fraction of sp³-hybridized carbons (Fsp3) is 0.556. The summed E-state index contributed by atoms with van der Waals surface area (Å²) in [6, 6.07) is 5.87. The maximum absolute atomic E-state index is 12.6. The highest BCUT2D eigenvalue weighted by molar-refractivity contribution is 5.78. The van der Waals surface area contributed by atoms with Crippen molar-refractivity contribution in [3.63, 3.8) is 0 Å². The van der Waals surface area contributed by atoms with Gasteiger partial charge in [0, 0.05) is 6.54 Å². The lowest BCUT2D eigenvalue weighted by Crippen LogP contribution is -2.54. The van der Waals surface area contributed by atoms with Crippen molar-refractivity contribution in [1.29, 1.82) is 0 Å². The summed E-state index contributed by atoms with van der Waals surface area (Å²) >= 11 is 0. The number of hydroxylamine groups is 4. The van der Waals surface area contributed by atoms with Gasteiger partial charge in [0.15, 0.2) is 0 Å². The monoisotopic (exact) mass is 350 g/mol. The molecule has 138 valence electrons. The average Bonchev–Trinajstić information content (AvgIpc) is 2.62. The number of carbonyl (C=O) groups excluding carboxylic acids is 2. The Kier molecular flexibility index (Phi) is 6.52. The summed E-state index contributed by atoms with van der Waals surface area (Å²) in [6.45, 7) is 4.31. The van der Waals surface area contributed by atoms with Crippen LogP contribution < -0.4 is 0 Å². The molecule has 1 N–H and O–H groups in total. The molecule has 1 saturated heterocycles. The Labute approximate surface area is 148 Å². The normalized spacial score (nSPS) is 21.0. The molecule has 0 spiro atoms. The molecule has 1 fully saturated rings. The van der Waals surface area contributed by atoms with Gasteiger partial charge in [0.2, 0.25) is 0 Å². The number of esters is 1. The lowest BCUT2D eigenvalue weighted by molar-refractivity contribution is -0.273. The van der Waals surface area contributed by atoms with Crippen LogP contribution in [0.2, 0.25) is 0 Å². The van der Waals surface area contributed by atoms with E-state index in [-0.39, 0.29) is 24.7 Å². The standard InChI is InChI=1S/C18H26N2O5/c1-12-5-6-13(2)15(9-12)11-17(21)20(23)16-10-14(18(22)24-3)7-8-19(16)25-4/h5-6,9,14,16,23H,7-8,10-11H2,1-4H3. The van der Waals surface area contributed by atoms with E-state index in [1.54, 1.807) is 0 Å². The van der Waals surface area contributed by atoms with Gasteiger partial charge < -0.3 is 9.57 Å². The molecule has 2 atom stereocenters. The van der Waals surface area contributed by atoms with E-state index in [1.165, 1.54) is 19.3 Å². The highest BCUT2D eigenvalue weighted by atomic mass is 16.7. The Morgan fingerprint density at radius 3 is 2.68 bits per heavy atom. The summed E-state index contributed by atoms with van der Waals surface area (Å²) in [5.74, 6) is -1.15. The molecular weight excluding hydrogens is 324 g/mol. The first kappa shape index (κ1) is 19.4. The Bertz CT molecular complexity index is 634. The second kappa shape index (κ2) is 8.42. The van der Waals surface area contributed by atoms with Crippen LogP contribution in [0.25, 0.3) is 0 Å². The van der Waals surface area contributed by atoms with Crippen LogP contribution >= 0.6 is 0 Å². The van der Waals surface area contributed by atoms with Gasteiger partial charge in [-0.1, -0.05) is 23.8 Å². The highest BCUT2D eigenvalue weighted by Gasteiger charge is 2.38. The molecule has 1 heterocycles. The van der Waals surface area contributed by atoms with E-state index >= 15 is 0 Å². The topological polar surface area (TPSA) is 79.3 Å². The molecule has 0 bridgehead atoms. The number of piperidine rings is 1. The lowest BCUT2D eigenvalue weighted by atomic mass is 9.95. The number of hydrogen-bond donors (Lipinski definition) is 1. The summed E-state index contributed by atoms with van der Waals surface area (Å²) in [7, 11) is 2.82. The van der Waals surface area contributed by atoms with Crippen molar-refractivity contribution in [3.05, 3.63) is 34.9 Å². The number of hydrogen-bond acceptors (Lipinski definition) is 6. The molecule has 1 aliphatic heterocycles. The number of ether oxygens (including phenoxy) is 1. The largest absolute Gasteiger partial charge is 0.469 e. The van der Waals surface area contributed by atoms with Crippen LogP contribution in [-0.2, 0) is 25.6 Å². The van der Waals surface area contributed by atoms with Crippen LogP contribution in [0.4, 0.5) is 0 Å². The van der Waals surface area contributed by atoms with Crippen molar-refractivity contribution < 1.29 is 24.4 Å². The molecule has 2 unspecified atom stereocenters. The molecule has 7 heteroatoms. The Morgan fingerprint density at radius 2 is 2.04 bits per heavy atom. The first-order valence-corrected chi connectivity index (χ1v) is 8.33. The van der Waals surface area contributed by atoms with E-state index < -0.39 is 12.1 Å². The molecule has 0 aromatic heterocycles. The second-order valence-electron chi connectivity index (χ2n) is 6.39. The second-order valence-corrected chi connectivity index (χ2v) is 6.39. The quantitative estimate of drug-likeness (QED) is 0.496. The number of aryl methyl sites for hydroxylation is 2. The zero-order chi connectivity index (χ0) is 18.6. The van der Waals surface area contributed by atoms with Gasteiger partial charge in [-0.25, -0.2) is 5.06 Å². The molecule has 1 aromatic rings. The maximum atomic E-state index is 12.6. The highest BCUT2D eigenvalue weighted by Crippen LogP contribution is 2.26. The molecule has 1 aromatic carbocycles. The number of nitrogens with zero attached hydrogens (tertiary/aromatic N) is 2. The molecular formula is C18H26N2O5. The zero-order valence-electron chi connectivity index (χ0n) is 15.2. The third kappa shape index (κ3) is 4.56. The molecule has 0 radical (unpaired) electrons. The van der Waals surface area contributed by atoms with Crippen LogP contribution in [0.3, 0.4) is 0 Å². The summed E-state index contributed by atoms with van der Waals surface area (Å²) in [5, 5.41) is 12.6. The maximum Gasteiger partial charge on any atom is 0.308 e. The lowest BCUT2D eigenvalue weighted by Gasteiger charge is -2.39. The Balaban J connectivity index is 2.12. The van der Waals surface area contributed by atoms with Crippen molar-refractivity contribution in [3.8, 4) is 0 Å². The van der Waals surface area contributed by atoms with Gasteiger partial charge in [0.05, 0.1) is 26.6 Å². The number of rotatable bonds is 5. The van der Waals surface area contributed by atoms with E-state index in [9.17, 15) is 14.8 Å². The van der Waals surface area contributed by atoms with Crippen LogP contribution in [-0.4, -0.2) is 54.1 Å². The Morgan fingerprint density at radius 1 is 1.32 bits per heavy atom. The number of methoxy groups -OCH3 is 1. The minimum Gasteiger partial charge on any atom is -0.469 e. The zero-order valence-corrected chi connectivity index (χ0v) is 15.2. The smallest absolute Gasteiger partial charge is 0.308 e. The van der Waals surface area contributed by atoms with Gasteiger partial charge in [0.1, 0.15) is 6.17 Å². The van der Waals surface area contributed by atoms with E-state index in [0.29, 0.717) is 18.0 Å². The SMILES string of the molecule is COC(=O)C1CCN(OC)C(N(O)C(=O)Cc2cc(C)ccc2C)C1. The van der Waals surface area contributed by atoms with Crippen molar-refractivity contribution in [2.45, 2.75) is 39.3 Å². The van der Waals surface area contributed by atoms with E-state index in [1.807, 2.05) is 32.0 Å². The predicted molar refractivity (Wildman–Crippen MR) is 90.5 cm³/mol. The first-order chi connectivity index (χ1) is 11.9. The average molecular weight is 350 g/mol. The molecule has 1 aliphatic rings. The van der Waals surface area contributed by atoms with Crippen molar-refractivity contribution in [2.75, 3.05) is 20.8 Å². The van der Waals surface area contributed by atoms with Crippen LogP contribution in [0.5, 0.6) is 0 Å². The molecule has 0 aliphatic carbocycles. The van der Waals surface area contributed by atoms with Gasteiger partial charge in [-0.15, -0.1) is 0 Å². The third-order valence-corrected chi connectivity index (χ3v) is 4.68.